The lowest BCUT2D eigenvalue weighted by atomic mass is 9.98. The molecule has 1 fully saturated rings. The van der Waals surface area contributed by atoms with Gasteiger partial charge in [-0.1, -0.05) is 30.7 Å². The molecule has 0 aromatic rings. The predicted octanol–water partition coefficient (Wildman–Crippen LogP) is 4.35. The molecule has 0 radical (unpaired) electrons. The van der Waals surface area contributed by atoms with Crippen molar-refractivity contribution in [3.8, 4) is 0 Å². The molecule has 2 unspecified atom stereocenters. The molecule has 1 saturated carbocycles. The number of hydrogen-bond acceptors (Lipinski definition) is 1. The van der Waals surface area contributed by atoms with E-state index in [1.807, 2.05) is 17.9 Å². The van der Waals surface area contributed by atoms with Gasteiger partial charge in [0.05, 0.1) is 0 Å². The summed E-state index contributed by atoms with van der Waals surface area (Å²) < 4.78 is 0. The lowest BCUT2D eigenvalue weighted by Crippen LogP contribution is -2.32. The summed E-state index contributed by atoms with van der Waals surface area (Å²) in [7, 11) is 0. The van der Waals surface area contributed by atoms with Gasteiger partial charge in [-0.3, -0.25) is 4.79 Å². The second-order valence-corrected chi connectivity index (χ2v) is 6.41. The number of carbonyl (C=O) groups excluding carboxylic acids is 1. The molecule has 0 aliphatic heterocycles. The molecule has 2 heteroatoms. The number of carbonyl (C=O) groups is 1. The first-order chi connectivity index (χ1) is 9.42. The Balaban J connectivity index is 2.49. The number of allylic oxidation sites excluding steroid dienone is 3. The molecule has 0 spiro atoms. The van der Waals surface area contributed by atoms with Crippen LogP contribution >= 0.6 is 0 Å². The number of hydrogen-bond donors (Lipinski definition) is 0. The minimum atomic E-state index is 0.103. The van der Waals surface area contributed by atoms with Crippen molar-refractivity contribution >= 4 is 5.91 Å². The number of rotatable bonds is 8. The van der Waals surface area contributed by atoms with E-state index in [-0.39, 0.29) is 5.91 Å². The largest absolute Gasteiger partial charge is 0.335 e. The maximum Gasteiger partial charge on any atom is 0.246 e. The van der Waals surface area contributed by atoms with Crippen LogP contribution in [0.5, 0.6) is 0 Å². The molecule has 1 amide bonds. The van der Waals surface area contributed by atoms with Gasteiger partial charge < -0.3 is 4.90 Å². The van der Waals surface area contributed by atoms with Crippen LogP contribution in [0.25, 0.3) is 0 Å². The molecular weight excluding hydrogens is 246 g/mol. The normalized spacial score (nSPS) is 24.5. The average Bonchev–Trinajstić information content (AvgIpc) is 2.99. The SMILES string of the molecule is C=CCN(CC1CC1(C)CCC=C(C)C)C(=O)/C=C/C. The quantitative estimate of drug-likeness (QED) is 0.476. The van der Waals surface area contributed by atoms with Crippen LogP contribution in [0.4, 0.5) is 0 Å². The van der Waals surface area contributed by atoms with E-state index in [0.29, 0.717) is 17.9 Å². The summed E-state index contributed by atoms with van der Waals surface area (Å²) >= 11 is 0. The maximum atomic E-state index is 12.0. The van der Waals surface area contributed by atoms with E-state index in [1.54, 1.807) is 12.2 Å². The van der Waals surface area contributed by atoms with E-state index in [4.69, 9.17) is 0 Å². The van der Waals surface area contributed by atoms with Gasteiger partial charge >= 0.3 is 0 Å². The lowest BCUT2D eigenvalue weighted by molar-refractivity contribution is -0.125. The van der Waals surface area contributed by atoms with Gasteiger partial charge in [0.25, 0.3) is 0 Å². The Labute approximate surface area is 124 Å². The van der Waals surface area contributed by atoms with E-state index in [9.17, 15) is 4.79 Å². The maximum absolute atomic E-state index is 12.0. The molecule has 0 bridgehead atoms. The first-order valence-corrected chi connectivity index (χ1v) is 7.59. The molecule has 1 aliphatic rings. The summed E-state index contributed by atoms with van der Waals surface area (Å²) in [6.45, 7) is 13.8. The summed E-state index contributed by atoms with van der Waals surface area (Å²) in [5, 5.41) is 0. The molecule has 112 valence electrons. The molecular formula is C18H29NO. The first kappa shape index (κ1) is 16.7. The average molecular weight is 275 g/mol. The van der Waals surface area contributed by atoms with Crippen LogP contribution in [0.15, 0.2) is 36.5 Å². The number of amides is 1. The molecule has 0 N–H and O–H groups in total. The van der Waals surface area contributed by atoms with Crippen LogP contribution in [0.1, 0.15) is 47.0 Å². The van der Waals surface area contributed by atoms with Gasteiger partial charge in [-0.2, -0.15) is 0 Å². The molecule has 1 aliphatic carbocycles. The number of nitrogens with zero attached hydrogens (tertiary/aromatic N) is 1. The lowest BCUT2D eigenvalue weighted by Gasteiger charge is -2.21. The topological polar surface area (TPSA) is 20.3 Å². The van der Waals surface area contributed by atoms with Gasteiger partial charge in [-0.25, -0.2) is 0 Å². The van der Waals surface area contributed by atoms with Gasteiger partial charge in [0.1, 0.15) is 0 Å². The monoisotopic (exact) mass is 275 g/mol. The first-order valence-electron chi connectivity index (χ1n) is 7.59. The third-order valence-electron chi connectivity index (χ3n) is 4.22. The van der Waals surface area contributed by atoms with Crippen molar-refractivity contribution < 1.29 is 4.79 Å². The molecule has 2 atom stereocenters. The van der Waals surface area contributed by atoms with Crippen molar-refractivity contribution in [1.82, 2.24) is 4.90 Å². The molecule has 0 heterocycles. The van der Waals surface area contributed by atoms with Gasteiger partial charge in [0.2, 0.25) is 5.91 Å². The minimum Gasteiger partial charge on any atom is -0.335 e. The van der Waals surface area contributed by atoms with E-state index < -0.39 is 0 Å². The highest BCUT2D eigenvalue weighted by atomic mass is 16.2. The Bertz CT molecular complexity index is 404. The Morgan fingerprint density at radius 2 is 2.15 bits per heavy atom. The van der Waals surface area contributed by atoms with Crippen LogP contribution in [0, 0.1) is 11.3 Å². The summed E-state index contributed by atoms with van der Waals surface area (Å²) in [6.07, 6.45) is 11.2. The van der Waals surface area contributed by atoms with Crippen molar-refractivity contribution in [3.05, 3.63) is 36.5 Å². The zero-order valence-corrected chi connectivity index (χ0v) is 13.5. The standard InChI is InChI=1S/C18H29NO/c1-6-9-17(20)19(12-7-2)14-16-13-18(16,5)11-8-10-15(3)4/h6-7,9-10,16H,2,8,11-14H2,1,3-5H3/b9-6+. The fourth-order valence-corrected chi connectivity index (χ4v) is 2.71. The van der Waals surface area contributed by atoms with Crippen molar-refractivity contribution in [3.63, 3.8) is 0 Å². The highest BCUT2D eigenvalue weighted by Gasteiger charge is 2.49. The van der Waals surface area contributed by atoms with E-state index in [1.165, 1.54) is 18.4 Å². The van der Waals surface area contributed by atoms with Crippen molar-refractivity contribution in [1.29, 1.82) is 0 Å². The van der Waals surface area contributed by atoms with Gasteiger partial charge in [0.15, 0.2) is 0 Å². The molecule has 0 aromatic heterocycles. The minimum absolute atomic E-state index is 0.103. The molecule has 1 rings (SSSR count). The molecule has 0 aromatic carbocycles. The van der Waals surface area contributed by atoms with Crippen LogP contribution in [-0.2, 0) is 4.79 Å². The summed E-state index contributed by atoms with van der Waals surface area (Å²) in [4.78, 5) is 13.9. The van der Waals surface area contributed by atoms with Gasteiger partial charge in [-0.15, -0.1) is 6.58 Å². The summed E-state index contributed by atoms with van der Waals surface area (Å²) in [5.74, 6) is 0.744. The second-order valence-electron chi connectivity index (χ2n) is 6.41. The third kappa shape index (κ3) is 4.99. The van der Waals surface area contributed by atoms with Crippen LogP contribution in [0.3, 0.4) is 0 Å². The summed E-state index contributed by atoms with van der Waals surface area (Å²) in [5.41, 5.74) is 1.81. The van der Waals surface area contributed by atoms with Crippen LogP contribution in [0.2, 0.25) is 0 Å². The Hall–Kier alpha value is -1.31. The second kappa shape index (κ2) is 7.47. The van der Waals surface area contributed by atoms with Crippen LogP contribution in [-0.4, -0.2) is 23.9 Å². The Morgan fingerprint density at radius 3 is 2.70 bits per heavy atom. The van der Waals surface area contributed by atoms with Crippen molar-refractivity contribution in [2.24, 2.45) is 11.3 Å². The van der Waals surface area contributed by atoms with Crippen LogP contribution < -0.4 is 0 Å². The smallest absolute Gasteiger partial charge is 0.246 e. The van der Waals surface area contributed by atoms with Crippen molar-refractivity contribution in [2.75, 3.05) is 13.1 Å². The summed E-state index contributed by atoms with van der Waals surface area (Å²) in [6, 6.07) is 0. The Morgan fingerprint density at radius 1 is 1.45 bits per heavy atom. The highest BCUT2D eigenvalue weighted by molar-refractivity contribution is 5.87. The van der Waals surface area contributed by atoms with E-state index in [2.05, 4.69) is 33.4 Å². The molecule has 0 saturated heterocycles. The fourth-order valence-electron chi connectivity index (χ4n) is 2.71. The van der Waals surface area contributed by atoms with Gasteiger partial charge in [0, 0.05) is 13.1 Å². The molecule has 20 heavy (non-hydrogen) atoms. The third-order valence-corrected chi connectivity index (χ3v) is 4.22. The predicted molar refractivity (Wildman–Crippen MR) is 86.5 cm³/mol. The van der Waals surface area contributed by atoms with E-state index >= 15 is 0 Å². The van der Waals surface area contributed by atoms with Crippen molar-refractivity contribution in [2.45, 2.75) is 47.0 Å². The Kier molecular flexibility index (Phi) is 6.25. The van der Waals surface area contributed by atoms with E-state index in [0.717, 1.165) is 13.0 Å². The fraction of sp³-hybridized carbons (Fsp3) is 0.611. The zero-order chi connectivity index (χ0) is 15.2. The molecule has 2 nitrogen and oxygen atoms in total. The highest BCUT2D eigenvalue weighted by Crippen LogP contribution is 2.55. The zero-order valence-electron chi connectivity index (χ0n) is 13.5. The van der Waals surface area contributed by atoms with Gasteiger partial charge in [-0.05, 0) is 57.4 Å².